The van der Waals surface area contributed by atoms with Crippen molar-refractivity contribution in [1.29, 1.82) is 0 Å². The Morgan fingerprint density at radius 3 is 2.66 bits per heavy atom. The molecule has 0 atom stereocenters. The van der Waals surface area contributed by atoms with Gasteiger partial charge in [0.2, 0.25) is 0 Å². The van der Waals surface area contributed by atoms with Crippen molar-refractivity contribution < 1.29 is 19.1 Å². The molecule has 0 unspecified atom stereocenters. The molecule has 0 aromatic heterocycles. The Hall–Kier alpha value is -3.58. The highest BCUT2D eigenvalue weighted by atomic mass is 35.5. The van der Waals surface area contributed by atoms with Crippen molar-refractivity contribution >= 4 is 41.2 Å². The van der Waals surface area contributed by atoms with E-state index in [9.17, 15) is 14.4 Å². The number of urea groups is 1. The summed E-state index contributed by atoms with van der Waals surface area (Å²) < 4.78 is 5.46. The first-order chi connectivity index (χ1) is 14.0. The zero-order valence-electron chi connectivity index (χ0n) is 15.4. The zero-order chi connectivity index (χ0) is 20.8. The number of amides is 4. The standard InChI is InChI=1S/C21H18ClN3O4/c1-2-10-25-20(27)17(24-21(25)28)12-14-8-9-18(16(22)11-14)29-13-19(26)23-15-6-4-3-5-7-15/h2-9,11-12H,1,10,13H2,(H,23,26)(H,24,28)/b17-12+. The molecular weight excluding hydrogens is 394 g/mol. The molecule has 29 heavy (non-hydrogen) atoms. The summed E-state index contributed by atoms with van der Waals surface area (Å²) in [5.74, 6) is -0.434. The molecule has 0 aliphatic carbocycles. The number of hydrogen-bond donors (Lipinski definition) is 2. The van der Waals surface area contributed by atoms with E-state index in [2.05, 4.69) is 17.2 Å². The summed E-state index contributed by atoms with van der Waals surface area (Å²) in [4.78, 5) is 37.0. The Morgan fingerprint density at radius 1 is 1.21 bits per heavy atom. The summed E-state index contributed by atoms with van der Waals surface area (Å²) in [5, 5.41) is 5.49. The lowest BCUT2D eigenvalue weighted by Gasteiger charge is -2.09. The molecule has 7 nitrogen and oxygen atoms in total. The number of rotatable bonds is 7. The van der Waals surface area contributed by atoms with Gasteiger partial charge in [-0.25, -0.2) is 4.79 Å². The second-order valence-electron chi connectivity index (χ2n) is 6.09. The largest absolute Gasteiger partial charge is 0.482 e. The predicted molar refractivity (Wildman–Crippen MR) is 110 cm³/mol. The summed E-state index contributed by atoms with van der Waals surface area (Å²) in [7, 11) is 0. The van der Waals surface area contributed by atoms with Crippen LogP contribution in [0.4, 0.5) is 10.5 Å². The fraction of sp³-hybridized carbons (Fsp3) is 0.0952. The summed E-state index contributed by atoms with van der Waals surface area (Å²) in [5.41, 5.74) is 1.41. The van der Waals surface area contributed by atoms with Crippen LogP contribution in [0, 0.1) is 0 Å². The van der Waals surface area contributed by atoms with Crippen molar-refractivity contribution in [3.8, 4) is 5.75 Å². The first kappa shape index (κ1) is 20.2. The number of nitrogens with zero attached hydrogens (tertiary/aromatic N) is 1. The minimum atomic E-state index is -0.503. The minimum Gasteiger partial charge on any atom is -0.482 e. The smallest absolute Gasteiger partial charge is 0.329 e. The molecule has 1 fully saturated rings. The maximum atomic E-state index is 12.2. The van der Waals surface area contributed by atoms with Gasteiger partial charge in [0.1, 0.15) is 11.4 Å². The van der Waals surface area contributed by atoms with Gasteiger partial charge in [-0.3, -0.25) is 14.5 Å². The number of nitrogens with one attached hydrogen (secondary N) is 2. The van der Waals surface area contributed by atoms with Crippen molar-refractivity contribution in [1.82, 2.24) is 10.2 Å². The maximum absolute atomic E-state index is 12.2. The summed E-state index contributed by atoms with van der Waals surface area (Å²) in [6, 6.07) is 13.4. The van der Waals surface area contributed by atoms with Gasteiger partial charge in [-0.05, 0) is 35.9 Å². The molecular formula is C21H18ClN3O4. The first-order valence-electron chi connectivity index (χ1n) is 8.70. The van der Waals surface area contributed by atoms with Gasteiger partial charge in [0, 0.05) is 12.2 Å². The monoisotopic (exact) mass is 411 g/mol. The molecule has 1 aliphatic rings. The van der Waals surface area contributed by atoms with Crippen LogP contribution < -0.4 is 15.4 Å². The lowest BCUT2D eigenvalue weighted by Crippen LogP contribution is -2.30. The third kappa shape index (κ3) is 5.03. The number of hydrogen-bond acceptors (Lipinski definition) is 4. The van der Waals surface area contributed by atoms with E-state index < -0.39 is 11.9 Å². The van der Waals surface area contributed by atoms with E-state index in [1.165, 1.54) is 12.2 Å². The predicted octanol–water partition coefficient (Wildman–Crippen LogP) is 3.44. The van der Waals surface area contributed by atoms with Crippen molar-refractivity contribution in [2.24, 2.45) is 0 Å². The number of benzene rings is 2. The second-order valence-corrected chi connectivity index (χ2v) is 6.49. The van der Waals surface area contributed by atoms with Crippen LogP contribution in [0.1, 0.15) is 5.56 Å². The van der Waals surface area contributed by atoms with Gasteiger partial charge in [0.25, 0.3) is 11.8 Å². The van der Waals surface area contributed by atoms with E-state index in [0.29, 0.717) is 17.0 Å². The van der Waals surface area contributed by atoms with Crippen LogP contribution in [0.5, 0.6) is 5.75 Å². The van der Waals surface area contributed by atoms with Crippen molar-refractivity contribution in [3.05, 3.63) is 77.5 Å². The number of imide groups is 1. The SMILES string of the molecule is C=CCN1C(=O)N/C(=C/c2ccc(OCC(=O)Nc3ccccc3)c(Cl)c2)C1=O. The van der Waals surface area contributed by atoms with Crippen LogP contribution in [0.2, 0.25) is 5.02 Å². The minimum absolute atomic E-state index is 0.126. The average Bonchev–Trinajstić information content (AvgIpc) is 2.96. The Bertz CT molecular complexity index is 989. The zero-order valence-corrected chi connectivity index (χ0v) is 16.1. The summed E-state index contributed by atoms with van der Waals surface area (Å²) >= 11 is 6.22. The highest BCUT2D eigenvalue weighted by molar-refractivity contribution is 6.32. The highest BCUT2D eigenvalue weighted by Crippen LogP contribution is 2.27. The Balaban J connectivity index is 1.63. The Labute approximate surface area is 172 Å². The normalized spacial score (nSPS) is 14.7. The van der Waals surface area contributed by atoms with Crippen LogP contribution in [0.3, 0.4) is 0 Å². The Kier molecular flexibility index (Phi) is 6.31. The van der Waals surface area contributed by atoms with Gasteiger partial charge in [-0.1, -0.05) is 41.9 Å². The van der Waals surface area contributed by atoms with Gasteiger partial charge in [0.05, 0.1) is 5.02 Å². The maximum Gasteiger partial charge on any atom is 0.329 e. The van der Waals surface area contributed by atoms with Gasteiger partial charge >= 0.3 is 6.03 Å². The molecule has 2 aromatic carbocycles. The number of carbonyl (C=O) groups excluding carboxylic acids is 3. The molecule has 0 spiro atoms. The molecule has 0 radical (unpaired) electrons. The third-order valence-corrected chi connectivity index (χ3v) is 4.25. The molecule has 4 amide bonds. The van der Waals surface area contributed by atoms with E-state index in [-0.39, 0.29) is 29.8 Å². The first-order valence-corrected chi connectivity index (χ1v) is 9.08. The van der Waals surface area contributed by atoms with Crippen molar-refractivity contribution in [3.63, 3.8) is 0 Å². The van der Waals surface area contributed by atoms with Gasteiger partial charge < -0.3 is 15.4 Å². The lowest BCUT2D eigenvalue weighted by atomic mass is 10.2. The van der Waals surface area contributed by atoms with Gasteiger partial charge in [-0.2, -0.15) is 0 Å². The fourth-order valence-corrected chi connectivity index (χ4v) is 2.86. The molecule has 8 heteroatoms. The van der Waals surface area contributed by atoms with Crippen molar-refractivity contribution in [2.45, 2.75) is 0 Å². The average molecular weight is 412 g/mol. The third-order valence-electron chi connectivity index (χ3n) is 3.96. The summed E-state index contributed by atoms with van der Waals surface area (Å²) in [6.07, 6.45) is 2.98. The molecule has 148 valence electrons. The van der Waals surface area contributed by atoms with Gasteiger partial charge in [-0.15, -0.1) is 6.58 Å². The van der Waals surface area contributed by atoms with Crippen LogP contribution in [0.15, 0.2) is 66.9 Å². The van der Waals surface area contributed by atoms with Crippen molar-refractivity contribution in [2.75, 3.05) is 18.5 Å². The molecule has 0 bridgehead atoms. The van der Waals surface area contributed by atoms with Gasteiger partial charge in [0.15, 0.2) is 6.61 Å². The number of para-hydroxylation sites is 1. The number of anilines is 1. The van der Waals surface area contributed by atoms with E-state index in [4.69, 9.17) is 16.3 Å². The molecule has 1 saturated heterocycles. The number of halogens is 1. The van der Waals surface area contributed by atoms with E-state index in [0.717, 1.165) is 4.90 Å². The van der Waals surface area contributed by atoms with Crippen LogP contribution in [0.25, 0.3) is 6.08 Å². The molecule has 2 N–H and O–H groups in total. The fourth-order valence-electron chi connectivity index (χ4n) is 2.62. The molecule has 1 heterocycles. The van der Waals surface area contributed by atoms with E-state index in [1.54, 1.807) is 30.3 Å². The van der Waals surface area contributed by atoms with Crippen LogP contribution in [-0.4, -0.2) is 35.9 Å². The topological polar surface area (TPSA) is 87.7 Å². The molecule has 3 rings (SSSR count). The molecule has 1 aliphatic heterocycles. The van der Waals surface area contributed by atoms with E-state index >= 15 is 0 Å². The lowest BCUT2D eigenvalue weighted by molar-refractivity contribution is -0.122. The number of ether oxygens (including phenoxy) is 1. The highest BCUT2D eigenvalue weighted by Gasteiger charge is 2.32. The second kappa shape index (κ2) is 9.07. The number of carbonyl (C=O) groups is 3. The van der Waals surface area contributed by atoms with Crippen LogP contribution in [-0.2, 0) is 9.59 Å². The molecule has 0 saturated carbocycles. The van der Waals surface area contributed by atoms with E-state index in [1.807, 2.05) is 18.2 Å². The summed E-state index contributed by atoms with van der Waals surface area (Å²) in [6.45, 7) is 3.44. The molecule has 2 aromatic rings. The Morgan fingerprint density at radius 2 is 1.97 bits per heavy atom. The van der Waals surface area contributed by atoms with Crippen LogP contribution >= 0.6 is 11.6 Å². The quantitative estimate of drug-likeness (QED) is 0.415.